The lowest BCUT2D eigenvalue weighted by molar-refractivity contribution is -0.128. The molecule has 0 aromatic heterocycles. The van der Waals surface area contributed by atoms with E-state index in [0.29, 0.717) is 18.7 Å². The van der Waals surface area contributed by atoms with E-state index in [2.05, 4.69) is 5.32 Å². The van der Waals surface area contributed by atoms with Crippen LogP contribution in [0.15, 0.2) is 84.9 Å². The van der Waals surface area contributed by atoms with Gasteiger partial charge in [-0.1, -0.05) is 60.7 Å². The quantitative estimate of drug-likeness (QED) is 0.627. The van der Waals surface area contributed by atoms with Gasteiger partial charge < -0.3 is 15.2 Å². The Kier molecular flexibility index (Phi) is 6.41. The average molecular weight is 375 g/mol. The van der Waals surface area contributed by atoms with Gasteiger partial charge in [0.1, 0.15) is 5.75 Å². The second-order valence-electron chi connectivity index (χ2n) is 6.27. The Morgan fingerprint density at radius 3 is 2.25 bits per heavy atom. The molecule has 3 aromatic carbocycles. The Balaban J connectivity index is 1.66. The van der Waals surface area contributed by atoms with Crippen molar-refractivity contribution in [3.8, 4) is 5.75 Å². The summed E-state index contributed by atoms with van der Waals surface area (Å²) in [7, 11) is 0. The van der Waals surface area contributed by atoms with Crippen LogP contribution in [-0.4, -0.2) is 23.5 Å². The molecule has 0 saturated carbocycles. The lowest BCUT2D eigenvalue weighted by Crippen LogP contribution is -2.33. The first-order chi connectivity index (χ1) is 13.6. The number of carboxylic acid groups (broad SMARTS) is 1. The van der Waals surface area contributed by atoms with E-state index in [0.717, 1.165) is 11.1 Å². The zero-order valence-corrected chi connectivity index (χ0v) is 15.2. The maximum absolute atomic E-state index is 12.8. The van der Waals surface area contributed by atoms with Crippen molar-refractivity contribution in [1.29, 1.82) is 0 Å². The molecule has 0 heterocycles. The van der Waals surface area contributed by atoms with E-state index in [1.807, 2.05) is 54.6 Å². The molecule has 0 fully saturated rings. The van der Waals surface area contributed by atoms with Gasteiger partial charge in [-0.05, 0) is 36.2 Å². The molecule has 0 unspecified atom stereocenters. The van der Waals surface area contributed by atoms with Crippen molar-refractivity contribution in [2.45, 2.75) is 12.5 Å². The number of benzene rings is 3. The molecule has 5 heteroatoms. The number of carbonyl (C=O) groups excluding carboxylic acids is 1. The molecular weight excluding hydrogens is 354 g/mol. The first-order valence-electron chi connectivity index (χ1n) is 9.00. The minimum absolute atomic E-state index is 0.235. The number of nitrogens with one attached hydrogen (secondary N) is 1. The maximum atomic E-state index is 12.8. The maximum Gasteiger partial charge on any atom is 0.335 e. The minimum atomic E-state index is -0.966. The molecule has 2 N–H and O–H groups in total. The third-order valence-corrected chi connectivity index (χ3v) is 4.22. The van der Waals surface area contributed by atoms with Gasteiger partial charge in [-0.25, -0.2) is 4.79 Å². The lowest BCUT2D eigenvalue weighted by Gasteiger charge is -2.19. The van der Waals surface area contributed by atoms with Crippen molar-refractivity contribution in [2.24, 2.45) is 0 Å². The molecule has 3 rings (SSSR count). The van der Waals surface area contributed by atoms with Crippen LogP contribution < -0.4 is 10.1 Å². The van der Waals surface area contributed by atoms with Crippen LogP contribution in [0.4, 0.5) is 0 Å². The molecule has 1 atom stereocenters. The second kappa shape index (κ2) is 9.37. The summed E-state index contributed by atoms with van der Waals surface area (Å²) < 4.78 is 5.93. The van der Waals surface area contributed by atoms with Gasteiger partial charge in [-0.3, -0.25) is 4.79 Å². The van der Waals surface area contributed by atoms with Crippen molar-refractivity contribution < 1.29 is 19.4 Å². The molecule has 0 bridgehead atoms. The average Bonchev–Trinajstić information content (AvgIpc) is 2.73. The Bertz CT molecular complexity index is 926. The highest BCUT2D eigenvalue weighted by molar-refractivity contribution is 5.87. The van der Waals surface area contributed by atoms with E-state index in [1.165, 1.54) is 0 Å². The molecule has 0 aliphatic heterocycles. The van der Waals surface area contributed by atoms with Gasteiger partial charge >= 0.3 is 5.97 Å². The van der Waals surface area contributed by atoms with Crippen molar-refractivity contribution in [3.63, 3.8) is 0 Å². The van der Waals surface area contributed by atoms with Crippen LogP contribution in [0.3, 0.4) is 0 Å². The van der Waals surface area contributed by atoms with Gasteiger partial charge in [0.15, 0.2) is 0 Å². The monoisotopic (exact) mass is 375 g/mol. The number of rotatable bonds is 8. The standard InChI is InChI=1S/C23H21NO4/c25-22(24-15-14-17-8-7-11-19(16-17)23(26)27)21(18-9-3-1-4-10-18)28-20-12-5-2-6-13-20/h1-13,16,21H,14-15H2,(H,24,25)(H,26,27)/t21-/m1/s1. The lowest BCUT2D eigenvalue weighted by atomic mass is 10.1. The van der Waals surface area contributed by atoms with Gasteiger partial charge in [0.2, 0.25) is 6.10 Å². The number of hydrogen-bond acceptors (Lipinski definition) is 3. The van der Waals surface area contributed by atoms with Gasteiger partial charge in [-0.15, -0.1) is 0 Å². The van der Waals surface area contributed by atoms with Crippen molar-refractivity contribution >= 4 is 11.9 Å². The Labute approximate surface area is 163 Å². The van der Waals surface area contributed by atoms with Crippen LogP contribution in [0, 0.1) is 0 Å². The number of ether oxygens (including phenoxy) is 1. The van der Waals surface area contributed by atoms with Gasteiger partial charge in [0.25, 0.3) is 5.91 Å². The number of hydrogen-bond donors (Lipinski definition) is 2. The van der Waals surface area contributed by atoms with Crippen LogP contribution >= 0.6 is 0 Å². The number of para-hydroxylation sites is 1. The molecule has 3 aromatic rings. The van der Waals surface area contributed by atoms with Gasteiger partial charge in [0.05, 0.1) is 5.56 Å². The fourth-order valence-electron chi connectivity index (χ4n) is 2.82. The third kappa shape index (κ3) is 5.20. The number of carboxylic acids is 1. The molecular formula is C23H21NO4. The summed E-state index contributed by atoms with van der Waals surface area (Å²) in [6.07, 6.45) is -0.242. The molecule has 142 valence electrons. The Morgan fingerprint density at radius 1 is 0.893 bits per heavy atom. The molecule has 1 amide bonds. The zero-order chi connectivity index (χ0) is 19.8. The molecule has 28 heavy (non-hydrogen) atoms. The predicted octanol–water partition coefficient (Wildman–Crippen LogP) is 3.86. The number of aromatic carboxylic acids is 1. The van der Waals surface area contributed by atoms with E-state index in [4.69, 9.17) is 9.84 Å². The summed E-state index contributed by atoms with van der Waals surface area (Å²) in [5, 5.41) is 12.0. The zero-order valence-electron chi connectivity index (χ0n) is 15.2. The Hall–Kier alpha value is -3.60. The minimum Gasteiger partial charge on any atom is -0.478 e. The normalized spacial score (nSPS) is 11.4. The fourth-order valence-corrected chi connectivity index (χ4v) is 2.82. The first kappa shape index (κ1) is 19.2. The first-order valence-corrected chi connectivity index (χ1v) is 9.00. The predicted molar refractivity (Wildman–Crippen MR) is 106 cm³/mol. The summed E-state index contributed by atoms with van der Waals surface area (Å²) in [6.45, 7) is 0.378. The van der Waals surface area contributed by atoms with Crippen molar-refractivity contribution in [1.82, 2.24) is 5.32 Å². The highest BCUT2D eigenvalue weighted by Crippen LogP contribution is 2.22. The van der Waals surface area contributed by atoms with E-state index < -0.39 is 12.1 Å². The summed E-state index contributed by atoms with van der Waals surface area (Å²) in [4.78, 5) is 23.9. The summed E-state index contributed by atoms with van der Waals surface area (Å²) >= 11 is 0. The molecule has 5 nitrogen and oxygen atoms in total. The van der Waals surface area contributed by atoms with Crippen LogP contribution in [0.5, 0.6) is 5.75 Å². The molecule has 0 saturated heterocycles. The van der Waals surface area contributed by atoms with Crippen LogP contribution in [0.25, 0.3) is 0 Å². The largest absolute Gasteiger partial charge is 0.478 e. The third-order valence-electron chi connectivity index (χ3n) is 4.22. The smallest absolute Gasteiger partial charge is 0.335 e. The Morgan fingerprint density at radius 2 is 1.57 bits per heavy atom. The SMILES string of the molecule is O=C(O)c1cccc(CCNC(=O)[C@H](Oc2ccccc2)c2ccccc2)c1. The second-order valence-corrected chi connectivity index (χ2v) is 6.27. The fraction of sp³-hybridized carbons (Fsp3) is 0.130. The molecule has 0 aliphatic carbocycles. The summed E-state index contributed by atoms with van der Waals surface area (Å²) in [5.74, 6) is -0.601. The van der Waals surface area contributed by atoms with E-state index in [9.17, 15) is 9.59 Å². The van der Waals surface area contributed by atoms with Gasteiger partial charge in [0, 0.05) is 12.1 Å². The van der Waals surface area contributed by atoms with Crippen LogP contribution in [-0.2, 0) is 11.2 Å². The highest BCUT2D eigenvalue weighted by atomic mass is 16.5. The summed E-state index contributed by atoms with van der Waals surface area (Å²) in [5.41, 5.74) is 1.84. The van der Waals surface area contributed by atoms with E-state index >= 15 is 0 Å². The summed E-state index contributed by atoms with van der Waals surface area (Å²) in [6, 6.07) is 25.2. The highest BCUT2D eigenvalue weighted by Gasteiger charge is 2.22. The van der Waals surface area contributed by atoms with E-state index in [1.54, 1.807) is 30.3 Å². The number of carbonyl (C=O) groups is 2. The van der Waals surface area contributed by atoms with E-state index in [-0.39, 0.29) is 11.5 Å². The molecule has 0 aliphatic rings. The number of amides is 1. The molecule has 0 spiro atoms. The van der Waals surface area contributed by atoms with Crippen LogP contribution in [0.2, 0.25) is 0 Å². The van der Waals surface area contributed by atoms with Gasteiger partial charge in [-0.2, -0.15) is 0 Å². The topological polar surface area (TPSA) is 75.6 Å². The van der Waals surface area contributed by atoms with Crippen molar-refractivity contribution in [2.75, 3.05) is 6.54 Å². The molecule has 0 radical (unpaired) electrons. The van der Waals surface area contributed by atoms with Crippen molar-refractivity contribution in [3.05, 3.63) is 102 Å². The van der Waals surface area contributed by atoms with Crippen LogP contribution in [0.1, 0.15) is 27.6 Å².